The summed E-state index contributed by atoms with van der Waals surface area (Å²) in [6.45, 7) is 26.4. The predicted molar refractivity (Wildman–Crippen MR) is 164 cm³/mol. The van der Waals surface area contributed by atoms with E-state index >= 15 is 0 Å². The largest absolute Gasteiger partial charge is 0.433 e. The Morgan fingerprint density at radius 2 is 1.90 bits per heavy atom. The number of hydrogen-bond acceptors (Lipinski definition) is 4. The molecule has 1 aromatic rings. The molecule has 3 unspecified atom stereocenters. The predicted octanol–water partition coefficient (Wildman–Crippen LogP) is 7.14. The average Bonchev–Trinajstić information content (AvgIpc) is 3.18. The minimum absolute atomic E-state index is 0.00390. The fourth-order valence-corrected chi connectivity index (χ4v) is 6.67. The van der Waals surface area contributed by atoms with E-state index in [1.54, 1.807) is 24.0 Å². The van der Waals surface area contributed by atoms with Gasteiger partial charge in [-0.25, -0.2) is 4.98 Å². The molecule has 0 aromatic carbocycles. The fourth-order valence-electron chi connectivity index (χ4n) is 6.67. The van der Waals surface area contributed by atoms with E-state index in [0.717, 1.165) is 41.4 Å². The van der Waals surface area contributed by atoms with E-state index in [-0.39, 0.29) is 28.9 Å². The molecule has 0 bridgehead atoms. The second kappa shape index (κ2) is 11.4. The third-order valence-electron chi connectivity index (χ3n) is 9.27. The molecule has 1 saturated carbocycles. The standard InChI is InChI=1S/C34H43F3N4O/c1-10-11-26(22(5)20(3)14-19(2)17-41-24(7)29-30(32(41)42)33(29,8)9)31-28(21(4)15-27(39-31)34(35,36)37)23(6)40-13-12-25(16-38)18-40/h10-11,14-15,25,29-30H,1,6-7,12-13,16-18,38H2,2-5,8-9H3/b19-14+,22-20+,26-11+. The molecule has 2 N–H and O–H groups in total. The summed E-state index contributed by atoms with van der Waals surface area (Å²) >= 11 is 0. The molecule has 5 nitrogen and oxygen atoms in total. The number of nitrogens with zero attached hydrogens (tertiary/aromatic N) is 3. The molecule has 1 amide bonds. The summed E-state index contributed by atoms with van der Waals surface area (Å²) in [5.74, 6) is 0.606. The zero-order valence-corrected chi connectivity index (χ0v) is 25.7. The van der Waals surface area contributed by atoms with Crippen LogP contribution in [0, 0.1) is 30.1 Å². The number of amides is 1. The zero-order chi connectivity index (χ0) is 31.3. The highest BCUT2D eigenvalue weighted by Gasteiger charge is 2.69. The molecule has 226 valence electrons. The lowest BCUT2D eigenvalue weighted by Crippen LogP contribution is -2.31. The van der Waals surface area contributed by atoms with E-state index in [2.05, 4.69) is 43.5 Å². The summed E-state index contributed by atoms with van der Waals surface area (Å²) in [7, 11) is 0. The highest BCUT2D eigenvalue weighted by atomic mass is 19.4. The van der Waals surface area contributed by atoms with Crippen LogP contribution in [0.2, 0.25) is 0 Å². The van der Waals surface area contributed by atoms with Gasteiger partial charge in [0.25, 0.3) is 0 Å². The first-order valence-corrected chi connectivity index (χ1v) is 14.5. The van der Waals surface area contributed by atoms with Crippen molar-refractivity contribution in [2.24, 2.45) is 28.9 Å². The Hall–Kier alpha value is -3.39. The van der Waals surface area contributed by atoms with Crippen molar-refractivity contribution in [3.8, 4) is 0 Å². The molecule has 0 spiro atoms. The van der Waals surface area contributed by atoms with Crippen molar-refractivity contribution >= 4 is 17.2 Å². The Bertz CT molecular complexity index is 1400. The van der Waals surface area contributed by atoms with Gasteiger partial charge in [0, 0.05) is 48.1 Å². The number of aromatic nitrogens is 1. The number of halogens is 3. The van der Waals surface area contributed by atoms with Crippen molar-refractivity contribution in [2.75, 3.05) is 26.2 Å². The minimum Gasteiger partial charge on any atom is -0.371 e. The number of nitrogens with two attached hydrogens (primary N) is 1. The number of rotatable bonds is 9. The quantitative estimate of drug-likeness (QED) is 0.316. The van der Waals surface area contributed by atoms with Gasteiger partial charge in [-0.15, -0.1) is 0 Å². The molecule has 1 aromatic heterocycles. The second-order valence-corrected chi connectivity index (χ2v) is 12.6. The van der Waals surface area contributed by atoms with Gasteiger partial charge >= 0.3 is 6.18 Å². The normalized spacial score (nSPS) is 24.7. The Kier molecular flexibility index (Phi) is 8.53. The van der Waals surface area contributed by atoms with Gasteiger partial charge in [0.1, 0.15) is 5.69 Å². The number of hydrogen-bond donors (Lipinski definition) is 1. The van der Waals surface area contributed by atoms with Gasteiger partial charge in [-0.05, 0) is 74.8 Å². The van der Waals surface area contributed by atoms with Crippen LogP contribution in [-0.2, 0) is 11.0 Å². The van der Waals surface area contributed by atoms with Gasteiger partial charge in [-0.3, -0.25) is 4.79 Å². The first-order chi connectivity index (χ1) is 19.5. The summed E-state index contributed by atoms with van der Waals surface area (Å²) in [6, 6.07) is 1.09. The third-order valence-corrected chi connectivity index (χ3v) is 9.27. The molecule has 3 fully saturated rings. The lowest BCUT2D eigenvalue weighted by Gasteiger charge is -2.26. The highest BCUT2D eigenvalue weighted by Crippen LogP contribution is 2.66. The van der Waals surface area contributed by atoms with Crippen LogP contribution in [-0.4, -0.2) is 46.9 Å². The van der Waals surface area contributed by atoms with Crippen LogP contribution in [0.15, 0.2) is 66.4 Å². The van der Waals surface area contributed by atoms with E-state index in [9.17, 15) is 18.0 Å². The molecule has 1 aliphatic carbocycles. The van der Waals surface area contributed by atoms with Gasteiger partial charge in [0.05, 0.1) is 11.6 Å². The van der Waals surface area contributed by atoms with Crippen LogP contribution in [0.3, 0.4) is 0 Å². The molecule has 2 aliphatic heterocycles. The fraction of sp³-hybridized carbons (Fsp3) is 0.471. The van der Waals surface area contributed by atoms with Crippen molar-refractivity contribution in [2.45, 2.75) is 54.1 Å². The Morgan fingerprint density at radius 3 is 2.43 bits per heavy atom. The summed E-state index contributed by atoms with van der Waals surface area (Å²) in [5.41, 5.74) is 10.8. The lowest BCUT2D eigenvalue weighted by atomic mass is 9.91. The second-order valence-electron chi connectivity index (χ2n) is 12.6. The number of fused-ring (bicyclic) bond motifs is 1. The zero-order valence-electron chi connectivity index (χ0n) is 25.7. The summed E-state index contributed by atoms with van der Waals surface area (Å²) in [4.78, 5) is 21.0. The smallest absolute Gasteiger partial charge is 0.371 e. The summed E-state index contributed by atoms with van der Waals surface area (Å²) in [5, 5.41) is 0. The van der Waals surface area contributed by atoms with Crippen molar-refractivity contribution < 1.29 is 18.0 Å². The number of piperidine rings is 1. The third kappa shape index (κ3) is 5.65. The van der Waals surface area contributed by atoms with Gasteiger partial charge in [0.15, 0.2) is 0 Å². The van der Waals surface area contributed by atoms with Crippen LogP contribution in [0.25, 0.3) is 11.3 Å². The topological polar surface area (TPSA) is 62.5 Å². The molecular weight excluding hydrogens is 537 g/mol. The van der Waals surface area contributed by atoms with E-state index in [0.29, 0.717) is 47.9 Å². The SMILES string of the molecule is C=C\C=C(/C(C)=C(C)/C=C(\C)CN1C(=C)C2C(C1=O)C2(C)C)c1nc(C(F)(F)F)cc(C)c1C(=C)N1CCC(CN)C1. The molecule has 4 rings (SSSR count). The maximum atomic E-state index is 14.0. The van der Waals surface area contributed by atoms with Gasteiger partial charge in [-0.1, -0.05) is 57.4 Å². The van der Waals surface area contributed by atoms with Crippen molar-refractivity contribution in [1.82, 2.24) is 14.8 Å². The van der Waals surface area contributed by atoms with Gasteiger partial charge in [-0.2, -0.15) is 13.2 Å². The molecule has 0 radical (unpaired) electrons. The molecular formula is C34H43F3N4O. The van der Waals surface area contributed by atoms with Crippen LogP contribution in [0.4, 0.5) is 13.2 Å². The maximum Gasteiger partial charge on any atom is 0.433 e. The van der Waals surface area contributed by atoms with Gasteiger partial charge in [0.2, 0.25) is 5.91 Å². The molecule has 3 aliphatic rings. The number of likely N-dealkylation sites (tertiary alicyclic amines) is 2. The molecule has 8 heteroatoms. The van der Waals surface area contributed by atoms with Gasteiger partial charge < -0.3 is 15.5 Å². The summed E-state index contributed by atoms with van der Waals surface area (Å²) in [6.07, 6.45) is 1.53. The number of carbonyl (C=O) groups is 1. The lowest BCUT2D eigenvalue weighted by molar-refractivity contribution is -0.141. The van der Waals surface area contributed by atoms with Crippen LogP contribution < -0.4 is 5.73 Å². The molecule has 3 heterocycles. The number of pyridine rings is 1. The number of alkyl halides is 3. The van der Waals surface area contributed by atoms with E-state index in [4.69, 9.17) is 5.73 Å². The Labute approximate surface area is 248 Å². The van der Waals surface area contributed by atoms with Crippen molar-refractivity contribution in [3.63, 3.8) is 0 Å². The first-order valence-electron chi connectivity index (χ1n) is 14.5. The molecule has 3 atom stereocenters. The van der Waals surface area contributed by atoms with E-state index in [1.165, 1.54) is 0 Å². The van der Waals surface area contributed by atoms with E-state index in [1.807, 2.05) is 26.8 Å². The Balaban J connectivity index is 1.73. The molecule has 42 heavy (non-hydrogen) atoms. The number of carbonyl (C=O) groups excluding carboxylic acids is 1. The van der Waals surface area contributed by atoms with Crippen molar-refractivity contribution in [1.29, 1.82) is 0 Å². The van der Waals surface area contributed by atoms with Crippen LogP contribution in [0.1, 0.15) is 63.6 Å². The number of aryl methyl sites for hydroxylation is 1. The van der Waals surface area contributed by atoms with Crippen molar-refractivity contribution in [3.05, 3.63) is 89.0 Å². The van der Waals surface area contributed by atoms with E-state index < -0.39 is 11.9 Å². The Morgan fingerprint density at radius 1 is 1.24 bits per heavy atom. The minimum atomic E-state index is -4.61. The van der Waals surface area contributed by atoms with Crippen LogP contribution >= 0.6 is 0 Å². The monoisotopic (exact) mass is 580 g/mol. The maximum absolute atomic E-state index is 14.0. The molecule has 2 saturated heterocycles. The number of allylic oxidation sites excluding steroid dienone is 7. The average molecular weight is 581 g/mol. The highest BCUT2D eigenvalue weighted by molar-refractivity contribution is 5.90. The first kappa shape index (κ1) is 31.5. The van der Waals surface area contributed by atoms with Crippen LogP contribution in [0.5, 0.6) is 0 Å². The summed E-state index contributed by atoms with van der Waals surface area (Å²) < 4.78 is 42.0.